The van der Waals surface area contributed by atoms with E-state index in [-0.39, 0.29) is 12.3 Å². The van der Waals surface area contributed by atoms with Crippen LogP contribution in [0.25, 0.3) is 0 Å². The van der Waals surface area contributed by atoms with Crippen molar-refractivity contribution < 1.29 is 14.7 Å². The molecule has 0 radical (unpaired) electrons. The summed E-state index contributed by atoms with van der Waals surface area (Å²) in [4.78, 5) is 23.3. The molecule has 4 N–H and O–H groups in total. The molecule has 2 atom stereocenters. The maximum absolute atomic E-state index is 11.9. The van der Waals surface area contributed by atoms with E-state index in [0.717, 1.165) is 5.56 Å². The fraction of sp³-hybridized carbons (Fsp3) is 0.467. The molecule has 21 heavy (non-hydrogen) atoms. The van der Waals surface area contributed by atoms with Crippen LogP contribution in [0.4, 0.5) is 0 Å². The number of aliphatic hydroxyl groups is 1. The summed E-state index contributed by atoms with van der Waals surface area (Å²) in [6.45, 7) is 3.79. The lowest BCUT2D eigenvalue weighted by Crippen LogP contribution is -2.49. The number of halogens is 1. The van der Waals surface area contributed by atoms with E-state index in [9.17, 15) is 14.7 Å². The van der Waals surface area contributed by atoms with E-state index in [1.165, 1.54) is 0 Å². The van der Waals surface area contributed by atoms with Crippen molar-refractivity contribution >= 4 is 23.4 Å². The van der Waals surface area contributed by atoms with Crippen molar-refractivity contribution in [3.8, 4) is 0 Å². The molecule has 0 heterocycles. The Balaban J connectivity index is 2.70. The number of hydrogen-bond donors (Lipinski definition) is 3. The molecule has 5 nitrogen and oxygen atoms in total. The zero-order valence-electron chi connectivity index (χ0n) is 12.2. The normalized spacial score (nSPS) is 13.8. The molecule has 0 bridgehead atoms. The van der Waals surface area contributed by atoms with Crippen LogP contribution >= 0.6 is 11.6 Å². The summed E-state index contributed by atoms with van der Waals surface area (Å²) < 4.78 is 0. The molecule has 6 heteroatoms. The lowest BCUT2D eigenvalue weighted by atomic mass is 10.0. The number of carbonyl (C=O) groups is 2. The molecule has 1 rings (SSSR count). The number of nitrogens with one attached hydrogen (secondary N) is 1. The van der Waals surface area contributed by atoms with Crippen LogP contribution in [-0.4, -0.2) is 29.1 Å². The molecule has 116 valence electrons. The average molecular weight is 313 g/mol. The minimum Gasteiger partial charge on any atom is -0.383 e. The highest BCUT2D eigenvalue weighted by Gasteiger charge is 2.23. The van der Waals surface area contributed by atoms with E-state index in [1.807, 2.05) is 13.8 Å². The first kappa shape index (κ1) is 17.5. The van der Waals surface area contributed by atoms with E-state index in [0.29, 0.717) is 11.4 Å². The van der Waals surface area contributed by atoms with E-state index in [2.05, 4.69) is 5.32 Å². The van der Waals surface area contributed by atoms with Crippen LogP contribution in [0.1, 0.15) is 25.8 Å². The number of nitrogens with two attached hydrogens (primary N) is 1. The number of aliphatic hydroxyl groups excluding tert-OH is 1. The fourth-order valence-corrected chi connectivity index (χ4v) is 2.16. The molecule has 0 aliphatic heterocycles. The number of amides is 2. The Bertz CT molecular complexity index is 505. The number of primary amides is 1. The Labute approximate surface area is 129 Å². The Hall–Kier alpha value is -1.59. The molecule has 0 spiro atoms. The maximum Gasteiger partial charge on any atom is 0.249 e. The van der Waals surface area contributed by atoms with Crippen molar-refractivity contribution in [1.29, 1.82) is 0 Å². The van der Waals surface area contributed by atoms with Gasteiger partial charge in [0.1, 0.15) is 12.1 Å². The molecule has 0 aliphatic rings. The largest absolute Gasteiger partial charge is 0.383 e. The molecule has 1 aromatic carbocycles. The van der Waals surface area contributed by atoms with Gasteiger partial charge >= 0.3 is 0 Å². The van der Waals surface area contributed by atoms with E-state index in [4.69, 9.17) is 17.3 Å². The quantitative estimate of drug-likeness (QED) is 0.707. The van der Waals surface area contributed by atoms with Gasteiger partial charge in [-0.05, 0) is 30.0 Å². The van der Waals surface area contributed by atoms with Gasteiger partial charge in [-0.2, -0.15) is 0 Å². The summed E-state index contributed by atoms with van der Waals surface area (Å²) in [6, 6.07) is 6.09. The van der Waals surface area contributed by atoms with Crippen molar-refractivity contribution in [3.63, 3.8) is 0 Å². The number of benzene rings is 1. The molecular formula is C15H21ClN2O3. The van der Waals surface area contributed by atoms with Crippen LogP contribution in [0.3, 0.4) is 0 Å². The minimum absolute atomic E-state index is 0.172. The van der Waals surface area contributed by atoms with E-state index >= 15 is 0 Å². The summed E-state index contributed by atoms with van der Waals surface area (Å²) >= 11 is 5.88. The number of hydrogen-bond acceptors (Lipinski definition) is 3. The van der Waals surface area contributed by atoms with Crippen molar-refractivity contribution in [2.75, 3.05) is 0 Å². The van der Waals surface area contributed by atoms with Gasteiger partial charge in [-0.1, -0.05) is 37.6 Å². The summed E-state index contributed by atoms with van der Waals surface area (Å²) in [7, 11) is 0. The van der Waals surface area contributed by atoms with Crippen molar-refractivity contribution in [2.24, 2.45) is 11.7 Å². The zero-order chi connectivity index (χ0) is 16.0. The van der Waals surface area contributed by atoms with E-state index < -0.39 is 24.0 Å². The zero-order valence-corrected chi connectivity index (χ0v) is 12.9. The highest BCUT2D eigenvalue weighted by molar-refractivity contribution is 6.30. The van der Waals surface area contributed by atoms with E-state index in [1.54, 1.807) is 24.3 Å². The molecule has 0 unspecified atom stereocenters. The van der Waals surface area contributed by atoms with Gasteiger partial charge in [0.15, 0.2) is 0 Å². The Morgan fingerprint density at radius 2 is 2.05 bits per heavy atom. The Morgan fingerprint density at radius 1 is 1.38 bits per heavy atom. The fourth-order valence-electron chi connectivity index (χ4n) is 1.94. The van der Waals surface area contributed by atoms with Crippen LogP contribution in [0.5, 0.6) is 0 Å². The SMILES string of the molecule is CC(C)C[C@H](O)C(=O)N[C@H](Cc1cccc(Cl)c1)C(N)=O. The summed E-state index contributed by atoms with van der Waals surface area (Å²) in [5.41, 5.74) is 6.09. The first-order valence-electron chi connectivity index (χ1n) is 6.81. The topological polar surface area (TPSA) is 92.4 Å². The third-order valence-corrected chi connectivity index (χ3v) is 3.22. The summed E-state index contributed by atoms with van der Waals surface area (Å²) in [5, 5.41) is 12.8. The lowest BCUT2D eigenvalue weighted by Gasteiger charge is -2.19. The van der Waals surface area contributed by atoms with Crippen molar-refractivity contribution in [3.05, 3.63) is 34.9 Å². The second kappa shape index (κ2) is 8.00. The summed E-state index contributed by atoms with van der Waals surface area (Å²) in [6.07, 6.45) is -0.587. The smallest absolute Gasteiger partial charge is 0.249 e. The Morgan fingerprint density at radius 3 is 2.57 bits per heavy atom. The molecule has 0 saturated heterocycles. The van der Waals surface area contributed by atoms with Crippen LogP contribution in [0, 0.1) is 5.92 Å². The maximum atomic E-state index is 11.9. The van der Waals surface area contributed by atoms with Gasteiger partial charge in [0.2, 0.25) is 11.8 Å². The van der Waals surface area contributed by atoms with Gasteiger partial charge < -0.3 is 16.2 Å². The van der Waals surface area contributed by atoms with Crippen molar-refractivity contribution in [1.82, 2.24) is 5.32 Å². The molecule has 2 amide bonds. The van der Waals surface area contributed by atoms with Gasteiger partial charge in [-0.3, -0.25) is 9.59 Å². The first-order chi connectivity index (χ1) is 9.79. The second-order valence-electron chi connectivity index (χ2n) is 5.44. The van der Waals surface area contributed by atoms with Crippen LogP contribution in [-0.2, 0) is 16.0 Å². The molecule has 1 aromatic rings. The third kappa shape index (κ3) is 6.14. The Kier molecular flexibility index (Phi) is 6.65. The molecule has 0 aliphatic carbocycles. The van der Waals surface area contributed by atoms with Crippen LogP contribution in [0.15, 0.2) is 24.3 Å². The van der Waals surface area contributed by atoms with Gasteiger partial charge in [0.05, 0.1) is 0 Å². The molecule has 0 aromatic heterocycles. The first-order valence-corrected chi connectivity index (χ1v) is 7.19. The van der Waals surface area contributed by atoms with Crippen LogP contribution in [0.2, 0.25) is 5.02 Å². The predicted molar refractivity (Wildman–Crippen MR) is 81.7 cm³/mol. The lowest BCUT2D eigenvalue weighted by molar-refractivity contribution is -0.133. The average Bonchev–Trinajstić information content (AvgIpc) is 2.36. The highest BCUT2D eigenvalue weighted by atomic mass is 35.5. The van der Waals surface area contributed by atoms with Crippen LogP contribution < -0.4 is 11.1 Å². The van der Waals surface area contributed by atoms with Gasteiger partial charge in [0.25, 0.3) is 0 Å². The van der Waals surface area contributed by atoms with Gasteiger partial charge in [-0.25, -0.2) is 0 Å². The standard InChI is InChI=1S/C15H21ClN2O3/c1-9(2)6-13(19)15(21)18-12(14(17)20)8-10-4-3-5-11(16)7-10/h3-5,7,9,12-13,19H,6,8H2,1-2H3,(H2,17,20)(H,18,21)/t12-,13+/m1/s1. The molecule has 0 saturated carbocycles. The predicted octanol–water partition coefficient (Wildman–Crippen LogP) is 1.26. The highest BCUT2D eigenvalue weighted by Crippen LogP contribution is 2.12. The second-order valence-corrected chi connectivity index (χ2v) is 5.88. The molecule has 0 fully saturated rings. The monoisotopic (exact) mass is 312 g/mol. The van der Waals surface area contributed by atoms with Gasteiger partial charge in [0, 0.05) is 11.4 Å². The third-order valence-electron chi connectivity index (χ3n) is 2.99. The summed E-state index contributed by atoms with van der Waals surface area (Å²) in [5.74, 6) is -1.07. The molecular weight excluding hydrogens is 292 g/mol. The number of rotatable bonds is 7. The minimum atomic E-state index is -1.15. The number of carbonyl (C=O) groups excluding carboxylic acids is 2. The van der Waals surface area contributed by atoms with Gasteiger partial charge in [-0.15, -0.1) is 0 Å². The van der Waals surface area contributed by atoms with Crippen molar-refractivity contribution in [2.45, 2.75) is 38.8 Å².